The molecule has 7 heteroatoms. The molecule has 7 nitrogen and oxygen atoms in total. The molecule has 4 rings (SSSR count). The molecular weight excluding hydrogens is 430 g/mol. The van der Waals surface area contributed by atoms with Crippen LogP contribution in [-0.4, -0.2) is 49.8 Å². The zero-order valence-electron chi connectivity index (χ0n) is 20.1. The number of fused-ring (bicyclic) bond motifs is 1. The average molecular weight is 466 g/mol. The molecule has 2 aromatic rings. The normalized spacial score (nSPS) is 19.6. The second-order valence-electron chi connectivity index (χ2n) is 9.61. The van der Waals surface area contributed by atoms with Gasteiger partial charge in [0.05, 0.1) is 12.2 Å². The van der Waals surface area contributed by atoms with E-state index in [0.717, 1.165) is 36.9 Å². The SMILES string of the molecule is CN(C)c1ccc(CN2C(=O)C(N[C@@H](CC3CCCCC3)C(=O)O)COc3ccccc32)cc1. The minimum Gasteiger partial charge on any atom is -0.489 e. The van der Waals surface area contributed by atoms with Gasteiger partial charge in [-0.2, -0.15) is 0 Å². The lowest BCUT2D eigenvalue weighted by atomic mass is 9.84. The number of nitrogens with zero attached hydrogens (tertiary/aromatic N) is 2. The van der Waals surface area contributed by atoms with Crippen LogP contribution in [0.3, 0.4) is 0 Å². The van der Waals surface area contributed by atoms with Crippen LogP contribution in [0.4, 0.5) is 11.4 Å². The van der Waals surface area contributed by atoms with Gasteiger partial charge in [0.2, 0.25) is 5.91 Å². The molecule has 2 aromatic carbocycles. The molecule has 0 bridgehead atoms. The quantitative estimate of drug-likeness (QED) is 0.612. The minimum absolute atomic E-state index is 0.0976. The van der Waals surface area contributed by atoms with Gasteiger partial charge in [0.1, 0.15) is 24.4 Å². The van der Waals surface area contributed by atoms with Crippen LogP contribution in [0.25, 0.3) is 0 Å². The van der Waals surface area contributed by atoms with Gasteiger partial charge in [0.25, 0.3) is 0 Å². The van der Waals surface area contributed by atoms with E-state index in [1.165, 1.54) is 6.42 Å². The number of carbonyl (C=O) groups excluding carboxylic acids is 1. The second kappa shape index (κ2) is 10.9. The van der Waals surface area contributed by atoms with Gasteiger partial charge in [-0.1, -0.05) is 56.4 Å². The number of ether oxygens (including phenoxy) is 1. The first-order valence-corrected chi connectivity index (χ1v) is 12.2. The van der Waals surface area contributed by atoms with E-state index in [-0.39, 0.29) is 12.5 Å². The van der Waals surface area contributed by atoms with Gasteiger partial charge in [-0.25, -0.2) is 0 Å². The van der Waals surface area contributed by atoms with E-state index >= 15 is 0 Å². The third-order valence-electron chi connectivity index (χ3n) is 6.91. The minimum atomic E-state index is -0.911. The van der Waals surface area contributed by atoms with E-state index in [4.69, 9.17) is 4.74 Å². The first kappa shape index (κ1) is 24.1. The molecule has 2 atom stereocenters. The summed E-state index contributed by atoms with van der Waals surface area (Å²) in [6.07, 6.45) is 6.18. The number of amides is 1. The summed E-state index contributed by atoms with van der Waals surface area (Å²) in [4.78, 5) is 29.5. The fourth-order valence-electron chi connectivity index (χ4n) is 4.96. The van der Waals surface area contributed by atoms with Crippen LogP contribution < -0.4 is 19.9 Å². The van der Waals surface area contributed by atoms with Crippen molar-refractivity contribution >= 4 is 23.3 Å². The fraction of sp³-hybridized carbons (Fsp3) is 0.481. The van der Waals surface area contributed by atoms with Crippen LogP contribution in [0.5, 0.6) is 5.75 Å². The van der Waals surface area contributed by atoms with E-state index < -0.39 is 18.1 Å². The molecule has 2 aliphatic rings. The topological polar surface area (TPSA) is 82.1 Å². The summed E-state index contributed by atoms with van der Waals surface area (Å²) in [5.74, 6) is -0.0700. The number of carbonyl (C=O) groups is 2. The highest BCUT2D eigenvalue weighted by Crippen LogP contribution is 2.33. The van der Waals surface area contributed by atoms with Crippen molar-refractivity contribution in [3.8, 4) is 5.75 Å². The number of hydrogen-bond donors (Lipinski definition) is 2. The summed E-state index contributed by atoms with van der Waals surface area (Å²) in [5.41, 5.74) is 2.78. The number of benzene rings is 2. The highest BCUT2D eigenvalue weighted by molar-refractivity contribution is 5.99. The molecule has 0 radical (unpaired) electrons. The Morgan fingerprint density at radius 3 is 2.50 bits per heavy atom. The van der Waals surface area contributed by atoms with E-state index in [1.54, 1.807) is 4.90 Å². The van der Waals surface area contributed by atoms with E-state index in [2.05, 4.69) is 5.32 Å². The van der Waals surface area contributed by atoms with E-state index in [9.17, 15) is 14.7 Å². The van der Waals surface area contributed by atoms with Crippen LogP contribution in [0.2, 0.25) is 0 Å². The maximum atomic E-state index is 13.7. The third-order valence-corrected chi connectivity index (χ3v) is 6.91. The number of carboxylic acid groups (broad SMARTS) is 1. The summed E-state index contributed by atoms with van der Waals surface area (Å²) < 4.78 is 6.00. The standard InChI is InChI=1S/C27H35N3O4/c1-29(2)21-14-12-20(13-15-21)17-30-24-10-6-7-11-25(24)34-18-23(26(30)31)28-22(27(32)33)16-19-8-4-3-5-9-19/h6-7,10-15,19,22-23,28H,3-5,8-9,16-18H2,1-2H3,(H,32,33)/t22-,23?/m0/s1. The Morgan fingerprint density at radius 2 is 1.82 bits per heavy atom. The van der Waals surface area contributed by atoms with Crippen molar-refractivity contribution in [3.63, 3.8) is 0 Å². The molecule has 1 aliphatic heterocycles. The third kappa shape index (κ3) is 5.70. The number of aliphatic carboxylic acids is 1. The van der Waals surface area contributed by atoms with E-state index in [0.29, 0.717) is 30.3 Å². The van der Waals surface area contributed by atoms with Crippen LogP contribution >= 0.6 is 0 Å². The summed E-state index contributed by atoms with van der Waals surface area (Å²) >= 11 is 0. The van der Waals surface area contributed by atoms with Gasteiger partial charge >= 0.3 is 5.97 Å². The van der Waals surface area contributed by atoms with Crippen molar-refractivity contribution < 1.29 is 19.4 Å². The van der Waals surface area contributed by atoms with Crippen LogP contribution in [0.1, 0.15) is 44.1 Å². The molecule has 0 aromatic heterocycles. The van der Waals surface area contributed by atoms with Crippen LogP contribution in [-0.2, 0) is 16.1 Å². The maximum absolute atomic E-state index is 13.7. The Labute approximate surface area is 201 Å². The Morgan fingerprint density at radius 1 is 1.12 bits per heavy atom. The molecule has 1 heterocycles. The van der Waals surface area contributed by atoms with E-state index in [1.807, 2.05) is 67.5 Å². The summed E-state index contributed by atoms with van der Waals surface area (Å²) in [6, 6.07) is 14.1. The predicted molar refractivity (Wildman–Crippen MR) is 133 cm³/mol. The van der Waals surface area contributed by atoms with Gasteiger partial charge in [-0.3, -0.25) is 14.9 Å². The first-order valence-electron chi connectivity index (χ1n) is 12.2. The Kier molecular flexibility index (Phi) is 7.73. The first-order chi connectivity index (χ1) is 16.4. The number of para-hydroxylation sites is 2. The monoisotopic (exact) mass is 465 g/mol. The molecule has 1 fully saturated rings. The predicted octanol–water partition coefficient (Wildman–Crippen LogP) is 4.06. The summed E-state index contributed by atoms with van der Waals surface area (Å²) in [7, 11) is 3.98. The highest BCUT2D eigenvalue weighted by Gasteiger charge is 2.35. The Bertz CT molecular complexity index is 986. The number of hydrogen-bond acceptors (Lipinski definition) is 5. The van der Waals surface area contributed by atoms with Gasteiger partial charge in [0, 0.05) is 19.8 Å². The largest absolute Gasteiger partial charge is 0.489 e. The van der Waals surface area contributed by atoms with Gasteiger partial charge in [0.15, 0.2) is 0 Å². The molecule has 182 valence electrons. The smallest absolute Gasteiger partial charge is 0.320 e. The zero-order valence-corrected chi connectivity index (χ0v) is 20.1. The lowest BCUT2D eigenvalue weighted by molar-refractivity contribution is -0.140. The number of nitrogens with one attached hydrogen (secondary N) is 1. The van der Waals surface area contributed by atoms with Crippen LogP contribution in [0.15, 0.2) is 48.5 Å². The van der Waals surface area contributed by atoms with Crippen molar-refractivity contribution in [3.05, 3.63) is 54.1 Å². The summed E-state index contributed by atoms with van der Waals surface area (Å²) in [6.45, 7) is 0.478. The molecule has 1 amide bonds. The van der Waals surface area contributed by atoms with Crippen molar-refractivity contribution in [2.45, 2.75) is 57.2 Å². The molecule has 1 saturated carbocycles. The molecular formula is C27H35N3O4. The number of carboxylic acids is 1. The fourth-order valence-corrected chi connectivity index (χ4v) is 4.96. The van der Waals surface area contributed by atoms with Crippen LogP contribution in [0, 0.1) is 5.92 Å². The van der Waals surface area contributed by atoms with Gasteiger partial charge < -0.3 is 19.6 Å². The lowest BCUT2D eigenvalue weighted by Crippen LogP contribution is -2.54. The molecule has 1 unspecified atom stereocenters. The second-order valence-corrected chi connectivity index (χ2v) is 9.61. The zero-order chi connectivity index (χ0) is 24.1. The van der Waals surface area contributed by atoms with Crippen molar-refractivity contribution in [1.82, 2.24) is 5.32 Å². The van der Waals surface area contributed by atoms with Crippen molar-refractivity contribution in [2.75, 3.05) is 30.5 Å². The molecule has 1 aliphatic carbocycles. The highest BCUT2D eigenvalue weighted by atomic mass is 16.5. The Balaban J connectivity index is 1.55. The van der Waals surface area contributed by atoms with Gasteiger partial charge in [-0.15, -0.1) is 0 Å². The maximum Gasteiger partial charge on any atom is 0.320 e. The lowest BCUT2D eigenvalue weighted by Gasteiger charge is -2.29. The number of rotatable bonds is 8. The van der Waals surface area contributed by atoms with Gasteiger partial charge in [-0.05, 0) is 42.2 Å². The number of anilines is 2. The van der Waals surface area contributed by atoms with Crippen molar-refractivity contribution in [1.29, 1.82) is 0 Å². The molecule has 34 heavy (non-hydrogen) atoms. The summed E-state index contributed by atoms with van der Waals surface area (Å²) in [5, 5.41) is 13.0. The molecule has 0 saturated heterocycles. The molecule has 2 N–H and O–H groups in total. The Hall–Kier alpha value is -3.06. The average Bonchev–Trinajstić information content (AvgIpc) is 2.97. The van der Waals surface area contributed by atoms with Crippen molar-refractivity contribution in [2.24, 2.45) is 5.92 Å². The molecule has 0 spiro atoms.